The van der Waals surface area contributed by atoms with Gasteiger partial charge in [0.05, 0.1) is 24.5 Å². The molecule has 3 aliphatic heterocycles. The van der Waals surface area contributed by atoms with Gasteiger partial charge >= 0.3 is 0 Å². The molecule has 1 aromatic heterocycles. The van der Waals surface area contributed by atoms with E-state index >= 15 is 0 Å². The van der Waals surface area contributed by atoms with Gasteiger partial charge in [-0.2, -0.15) is 0 Å². The van der Waals surface area contributed by atoms with Gasteiger partial charge in [-0.25, -0.2) is 0 Å². The highest BCUT2D eigenvalue weighted by Gasteiger charge is 2.66. The maximum absolute atomic E-state index is 13.2. The Hall–Kier alpha value is -2.60. The quantitative estimate of drug-likeness (QED) is 0.780. The molecule has 144 valence electrons. The van der Waals surface area contributed by atoms with Crippen LogP contribution < -0.4 is 5.32 Å². The maximum atomic E-state index is 13.2. The van der Waals surface area contributed by atoms with E-state index in [4.69, 9.17) is 4.74 Å². The van der Waals surface area contributed by atoms with Crippen LogP contribution in [0.15, 0.2) is 42.6 Å². The van der Waals surface area contributed by atoms with Crippen LogP contribution in [0.5, 0.6) is 0 Å². The number of nitrogens with zero attached hydrogens (tertiary/aromatic N) is 1. The molecule has 6 nitrogen and oxygen atoms in total. The summed E-state index contributed by atoms with van der Waals surface area (Å²) in [6.45, 7) is 1.18. The molecule has 2 aromatic rings. The van der Waals surface area contributed by atoms with Gasteiger partial charge in [0, 0.05) is 29.7 Å². The molecule has 6 heteroatoms. The number of carbonyl (C=O) groups is 2. The lowest BCUT2D eigenvalue weighted by atomic mass is 9.77. The first-order chi connectivity index (χ1) is 13.6. The number of aromatic nitrogens is 1. The third kappa shape index (κ3) is 2.30. The summed E-state index contributed by atoms with van der Waals surface area (Å²) in [5, 5.41) is 4.27. The molecule has 0 radical (unpaired) electrons. The van der Waals surface area contributed by atoms with Crippen LogP contribution in [0.2, 0.25) is 0 Å². The van der Waals surface area contributed by atoms with Crippen molar-refractivity contribution in [3.05, 3.63) is 48.2 Å². The molecule has 4 atom stereocenters. The summed E-state index contributed by atoms with van der Waals surface area (Å²) < 4.78 is 6.19. The third-order valence-electron chi connectivity index (χ3n) is 6.73. The first-order valence-corrected chi connectivity index (χ1v) is 10.2. The fourth-order valence-corrected chi connectivity index (χ4v) is 5.19. The van der Waals surface area contributed by atoms with E-state index in [1.54, 1.807) is 0 Å². The molecule has 0 unspecified atom stereocenters. The van der Waals surface area contributed by atoms with E-state index in [0.717, 1.165) is 24.8 Å². The second-order valence-electron chi connectivity index (χ2n) is 8.55. The molecule has 1 spiro atoms. The number of fused-ring (bicyclic) bond motifs is 2. The lowest BCUT2D eigenvalue weighted by molar-refractivity contribution is -0.137. The molecular formula is C22H23N3O3. The van der Waals surface area contributed by atoms with Gasteiger partial charge < -0.3 is 19.9 Å². The maximum Gasteiger partial charge on any atom is 0.230 e. The van der Waals surface area contributed by atoms with Crippen LogP contribution >= 0.6 is 0 Å². The van der Waals surface area contributed by atoms with Crippen molar-refractivity contribution in [1.82, 2.24) is 15.2 Å². The second-order valence-corrected chi connectivity index (χ2v) is 8.55. The van der Waals surface area contributed by atoms with Crippen molar-refractivity contribution >= 4 is 22.7 Å². The molecule has 4 heterocycles. The zero-order chi connectivity index (χ0) is 18.9. The Balaban J connectivity index is 1.21. The SMILES string of the molecule is O=C(NC1CC1)[C@H]1[C@@H]2C=C[C@@]3(CN(CCc4c[nH]c5ccccc45)C(=O)[C@@H]13)O2. The number of ether oxygens (including phenoxy) is 1. The van der Waals surface area contributed by atoms with Crippen LogP contribution in [0.1, 0.15) is 18.4 Å². The highest BCUT2D eigenvalue weighted by molar-refractivity contribution is 5.93. The van der Waals surface area contributed by atoms with Crippen LogP contribution in [0.4, 0.5) is 0 Å². The average Bonchev–Trinajstić information content (AvgIpc) is 3.06. The normalized spacial score (nSPS) is 33.1. The molecular weight excluding hydrogens is 354 g/mol. The predicted molar refractivity (Wildman–Crippen MR) is 103 cm³/mol. The monoisotopic (exact) mass is 377 g/mol. The van der Waals surface area contributed by atoms with Crippen LogP contribution in [0, 0.1) is 11.8 Å². The topological polar surface area (TPSA) is 74.4 Å². The first kappa shape index (κ1) is 16.4. The van der Waals surface area contributed by atoms with Crippen LogP contribution in [0.25, 0.3) is 10.9 Å². The Morgan fingerprint density at radius 3 is 3.04 bits per heavy atom. The van der Waals surface area contributed by atoms with Gasteiger partial charge in [0.15, 0.2) is 0 Å². The first-order valence-electron chi connectivity index (χ1n) is 10.2. The minimum Gasteiger partial charge on any atom is -0.361 e. The van der Waals surface area contributed by atoms with Gasteiger partial charge in [0.2, 0.25) is 11.8 Å². The number of H-pyrrole nitrogens is 1. The zero-order valence-electron chi connectivity index (χ0n) is 15.6. The van der Waals surface area contributed by atoms with Gasteiger partial charge in [-0.15, -0.1) is 0 Å². The van der Waals surface area contributed by atoms with E-state index < -0.39 is 11.5 Å². The summed E-state index contributed by atoms with van der Waals surface area (Å²) in [6.07, 6.45) is 8.63. The zero-order valence-corrected chi connectivity index (χ0v) is 15.6. The lowest BCUT2D eigenvalue weighted by Gasteiger charge is -2.23. The molecule has 2 saturated heterocycles. The van der Waals surface area contributed by atoms with Crippen molar-refractivity contribution < 1.29 is 14.3 Å². The summed E-state index contributed by atoms with van der Waals surface area (Å²) in [6, 6.07) is 8.50. The van der Waals surface area contributed by atoms with E-state index in [1.807, 2.05) is 35.4 Å². The van der Waals surface area contributed by atoms with Gasteiger partial charge in [0.1, 0.15) is 5.60 Å². The van der Waals surface area contributed by atoms with Crippen LogP contribution in [-0.2, 0) is 20.7 Å². The highest BCUT2D eigenvalue weighted by Crippen LogP contribution is 2.52. The Morgan fingerprint density at radius 2 is 2.18 bits per heavy atom. The number of para-hydroxylation sites is 1. The van der Waals surface area contributed by atoms with Gasteiger partial charge in [0.25, 0.3) is 0 Å². The molecule has 28 heavy (non-hydrogen) atoms. The van der Waals surface area contributed by atoms with E-state index in [0.29, 0.717) is 19.1 Å². The van der Waals surface area contributed by atoms with Gasteiger partial charge in [-0.3, -0.25) is 9.59 Å². The molecule has 3 fully saturated rings. The average molecular weight is 377 g/mol. The summed E-state index contributed by atoms with van der Waals surface area (Å²) >= 11 is 0. The molecule has 4 aliphatic rings. The van der Waals surface area contributed by atoms with Gasteiger partial charge in [-0.1, -0.05) is 30.4 Å². The minimum atomic E-state index is -0.618. The Labute approximate surface area is 162 Å². The van der Waals surface area contributed by atoms with E-state index in [9.17, 15) is 9.59 Å². The standard InChI is InChI=1S/C22H23N3O3/c26-20(24-14-5-6-14)18-17-7-9-22(28-17)12-25(21(27)19(18)22)10-8-13-11-23-16-4-2-1-3-15(13)16/h1-4,7,9,11,14,17-19,23H,5-6,8,10,12H2,(H,24,26)/t17-,18-,19+,22-/m0/s1. The molecule has 2 N–H and O–H groups in total. The molecule has 2 amide bonds. The Morgan fingerprint density at radius 1 is 1.32 bits per heavy atom. The number of carbonyl (C=O) groups excluding carboxylic acids is 2. The van der Waals surface area contributed by atoms with Crippen LogP contribution in [0.3, 0.4) is 0 Å². The lowest BCUT2D eigenvalue weighted by Crippen LogP contribution is -2.44. The molecule has 2 bridgehead atoms. The number of rotatable bonds is 5. The van der Waals surface area contributed by atoms with Crippen LogP contribution in [-0.4, -0.2) is 52.5 Å². The van der Waals surface area contributed by atoms with E-state index in [1.165, 1.54) is 10.9 Å². The third-order valence-corrected chi connectivity index (χ3v) is 6.73. The predicted octanol–water partition coefficient (Wildman–Crippen LogP) is 1.77. The number of nitrogens with one attached hydrogen (secondary N) is 2. The number of benzene rings is 1. The van der Waals surface area contributed by atoms with Crippen molar-refractivity contribution in [2.75, 3.05) is 13.1 Å². The number of aromatic amines is 1. The van der Waals surface area contributed by atoms with E-state index in [-0.39, 0.29) is 23.8 Å². The minimum absolute atomic E-state index is 0.0180. The van der Waals surface area contributed by atoms with Crippen molar-refractivity contribution in [3.8, 4) is 0 Å². The largest absolute Gasteiger partial charge is 0.361 e. The van der Waals surface area contributed by atoms with Crippen molar-refractivity contribution in [2.45, 2.75) is 37.0 Å². The van der Waals surface area contributed by atoms with Crippen molar-refractivity contribution in [3.63, 3.8) is 0 Å². The Kier molecular flexibility index (Phi) is 3.33. The Bertz CT molecular complexity index is 1010. The number of hydrogen-bond acceptors (Lipinski definition) is 3. The fourth-order valence-electron chi connectivity index (χ4n) is 5.19. The molecule has 1 saturated carbocycles. The summed E-state index contributed by atoms with van der Waals surface area (Å²) in [5.41, 5.74) is 1.71. The smallest absolute Gasteiger partial charge is 0.230 e. The molecule has 1 aromatic carbocycles. The summed E-state index contributed by atoms with van der Waals surface area (Å²) in [7, 11) is 0. The second kappa shape index (κ2) is 5.70. The number of likely N-dealkylation sites (tertiary alicyclic amines) is 1. The number of hydrogen-bond donors (Lipinski definition) is 2. The highest BCUT2D eigenvalue weighted by atomic mass is 16.5. The number of amides is 2. The van der Waals surface area contributed by atoms with Crippen molar-refractivity contribution in [2.24, 2.45) is 11.8 Å². The molecule has 6 rings (SSSR count). The van der Waals surface area contributed by atoms with E-state index in [2.05, 4.69) is 22.4 Å². The fraction of sp³-hybridized carbons (Fsp3) is 0.455. The summed E-state index contributed by atoms with van der Waals surface area (Å²) in [5.74, 6) is -0.737. The van der Waals surface area contributed by atoms with Crippen molar-refractivity contribution in [1.29, 1.82) is 0 Å². The van der Waals surface area contributed by atoms with Gasteiger partial charge in [-0.05, 0) is 30.9 Å². The summed E-state index contributed by atoms with van der Waals surface area (Å²) in [4.78, 5) is 31.2. The molecule has 1 aliphatic carbocycles.